The van der Waals surface area contributed by atoms with Crippen LogP contribution in [0, 0.1) is 5.82 Å². The van der Waals surface area contributed by atoms with E-state index in [1.54, 1.807) is 24.3 Å². The summed E-state index contributed by atoms with van der Waals surface area (Å²) >= 11 is 3.18. The Kier molecular flexibility index (Phi) is 4.16. The first-order valence-corrected chi connectivity index (χ1v) is 6.23. The minimum atomic E-state index is -1.31. The van der Waals surface area contributed by atoms with Crippen LogP contribution in [0.4, 0.5) is 4.39 Å². The van der Waals surface area contributed by atoms with Crippen molar-refractivity contribution in [2.75, 3.05) is 0 Å². The van der Waals surface area contributed by atoms with Crippen molar-refractivity contribution < 1.29 is 19.0 Å². The number of carbonyl (C=O) groups excluding carboxylic acids is 1. The van der Waals surface area contributed by atoms with Crippen molar-refractivity contribution in [3.8, 4) is 5.75 Å². The molecule has 0 aliphatic heterocycles. The van der Waals surface area contributed by atoms with Gasteiger partial charge in [0.2, 0.25) is 0 Å². The molecule has 0 aliphatic rings. The molecule has 0 radical (unpaired) electrons. The lowest BCUT2D eigenvalue weighted by molar-refractivity contribution is -0.255. The molecule has 0 unspecified atom stereocenters. The Bertz CT molecular complexity index is 596. The standard InChI is InChI=1S/C14H10BrFO3/c15-10-3-6-13(12(7-10)14(17)18)19-8-9-1-4-11(16)5-2-9/h1-7H,8H2,(H,17,18)/p-1. The van der Waals surface area contributed by atoms with Crippen LogP contribution in [0.5, 0.6) is 5.75 Å². The first-order valence-electron chi connectivity index (χ1n) is 5.44. The first kappa shape index (κ1) is 13.5. The molecule has 0 aliphatic carbocycles. The monoisotopic (exact) mass is 323 g/mol. The lowest BCUT2D eigenvalue weighted by Crippen LogP contribution is -2.23. The Morgan fingerprint density at radius 1 is 1.21 bits per heavy atom. The third-order valence-electron chi connectivity index (χ3n) is 2.47. The second kappa shape index (κ2) is 5.84. The van der Waals surface area contributed by atoms with Crippen LogP contribution in [0.15, 0.2) is 46.9 Å². The van der Waals surface area contributed by atoms with Crippen LogP contribution in [0.3, 0.4) is 0 Å². The van der Waals surface area contributed by atoms with Gasteiger partial charge in [0.05, 0.1) is 5.97 Å². The fourth-order valence-corrected chi connectivity index (χ4v) is 1.89. The number of carboxylic acid groups (broad SMARTS) is 1. The van der Waals surface area contributed by atoms with E-state index in [4.69, 9.17) is 4.74 Å². The topological polar surface area (TPSA) is 49.4 Å². The summed E-state index contributed by atoms with van der Waals surface area (Å²) in [5, 5.41) is 11.0. The van der Waals surface area contributed by atoms with Crippen molar-refractivity contribution in [1.29, 1.82) is 0 Å². The van der Waals surface area contributed by atoms with E-state index < -0.39 is 5.97 Å². The van der Waals surface area contributed by atoms with Crippen LogP contribution < -0.4 is 9.84 Å². The molecule has 3 nitrogen and oxygen atoms in total. The van der Waals surface area contributed by atoms with Crippen molar-refractivity contribution in [1.82, 2.24) is 0 Å². The molecule has 0 amide bonds. The molecule has 2 aromatic rings. The predicted octanol–water partition coefficient (Wildman–Crippen LogP) is 2.53. The minimum Gasteiger partial charge on any atom is -0.545 e. The number of halogens is 2. The molecule has 0 N–H and O–H groups in total. The molecular formula is C14H9BrFO3-. The highest BCUT2D eigenvalue weighted by Gasteiger charge is 2.06. The van der Waals surface area contributed by atoms with Crippen molar-refractivity contribution in [3.05, 3.63) is 63.9 Å². The smallest absolute Gasteiger partial charge is 0.128 e. The van der Waals surface area contributed by atoms with Gasteiger partial charge in [0.15, 0.2) is 0 Å². The zero-order valence-corrected chi connectivity index (χ0v) is 11.3. The molecule has 0 aromatic heterocycles. The average Bonchev–Trinajstić information content (AvgIpc) is 2.39. The predicted molar refractivity (Wildman–Crippen MR) is 69.2 cm³/mol. The Balaban J connectivity index is 2.15. The highest BCUT2D eigenvalue weighted by molar-refractivity contribution is 9.10. The normalized spacial score (nSPS) is 10.2. The van der Waals surface area contributed by atoms with Gasteiger partial charge >= 0.3 is 0 Å². The number of hydrogen-bond acceptors (Lipinski definition) is 3. The van der Waals surface area contributed by atoms with Gasteiger partial charge in [-0.05, 0) is 35.9 Å². The molecule has 0 saturated carbocycles. The van der Waals surface area contributed by atoms with Gasteiger partial charge in [-0.3, -0.25) is 0 Å². The SMILES string of the molecule is O=C([O-])c1cc(Br)ccc1OCc1ccc(F)cc1. The van der Waals surface area contributed by atoms with Crippen molar-refractivity contribution in [2.45, 2.75) is 6.61 Å². The van der Waals surface area contributed by atoms with Gasteiger partial charge in [-0.25, -0.2) is 4.39 Å². The second-order valence-corrected chi connectivity index (χ2v) is 4.76. The summed E-state index contributed by atoms with van der Waals surface area (Å²) in [4.78, 5) is 11.0. The quantitative estimate of drug-likeness (QED) is 0.868. The maximum absolute atomic E-state index is 12.7. The number of hydrogen-bond donors (Lipinski definition) is 0. The number of ether oxygens (including phenoxy) is 1. The molecule has 0 atom stereocenters. The van der Waals surface area contributed by atoms with E-state index in [9.17, 15) is 14.3 Å². The molecule has 0 bridgehead atoms. The maximum Gasteiger partial charge on any atom is 0.128 e. The highest BCUT2D eigenvalue weighted by atomic mass is 79.9. The van der Waals surface area contributed by atoms with Crippen LogP contribution in [0.1, 0.15) is 15.9 Å². The summed E-state index contributed by atoms with van der Waals surface area (Å²) < 4.78 is 18.8. The Morgan fingerprint density at radius 3 is 2.53 bits per heavy atom. The second-order valence-electron chi connectivity index (χ2n) is 3.84. The van der Waals surface area contributed by atoms with E-state index in [2.05, 4.69) is 15.9 Å². The zero-order valence-electron chi connectivity index (χ0n) is 9.73. The van der Waals surface area contributed by atoms with Crippen LogP contribution in [0.25, 0.3) is 0 Å². The molecule has 2 rings (SSSR count). The zero-order chi connectivity index (χ0) is 13.8. The molecule has 5 heteroatoms. The largest absolute Gasteiger partial charge is 0.545 e. The third-order valence-corrected chi connectivity index (χ3v) is 2.96. The number of aromatic carboxylic acids is 1. The summed E-state index contributed by atoms with van der Waals surface area (Å²) in [6, 6.07) is 10.4. The van der Waals surface area contributed by atoms with E-state index in [1.807, 2.05) is 0 Å². The van der Waals surface area contributed by atoms with Gasteiger partial charge in [0, 0.05) is 10.0 Å². The fraction of sp³-hybridized carbons (Fsp3) is 0.0714. The van der Waals surface area contributed by atoms with Crippen LogP contribution in [-0.4, -0.2) is 5.97 Å². The van der Waals surface area contributed by atoms with E-state index in [0.29, 0.717) is 4.47 Å². The summed E-state index contributed by atoms with van der Waals surface area (Å²) in [7, 11) is 0. The van der Waals surface area contributed by atoms with Crippen molar-refractivity contribution in [2.24, 2.45) is 0 Å². The summed E-state index contributed by atoms with van der Waals surface area (Å²) in [6.45, 7) is 0.155. The third kappa shape index (κ3) is 3.54. The Morgan fingerprint density at radius 2 is 1.89 bits per heavy atom. The summed E-state index contributed by atoms with van der Waals surface area (Å²) in [5.74, 6) is -1.43. The van der Waals surface area contributed by atoms with Gasteiger partial charge < -0.3 is 14.6 Å². The van der Waals surface area contributed by atoms with Crippen LogP contribution in [-0.2, 0) is 6.61 Å². The average molecular weight is 324 g/mol. The molecule has 2 aromatic carbocycles. The van der Waals surface area contributed by atoms with Gasteiger partial charge in [0.1, 0.15) is 18.2 Å². The van der Waals surface area contributed by atoms with Gasteiger partial charge in [0.25, 0.3) is 0 Å². The Labute approximate surface area is 117 Å². The Hall–Kier alpha value is -1.88. The number of benzene rings is 2. The number of carbonyl (C=O) groups is 1. The fourth-order valence-electron chi connectivity index (χ4n) is 1.53. The van der Waals surface area contributed by atoms with Gasteiger partial charge in [-0.2, -0.15) is 0 Å². The van der Waals surface area contributed by atoms with E-state index in [-0.39, 0.29) is 23.7 Å². The first-order chi connectivity index (χ1) is 9.06. The van der Waals surface area contributed by atoms with E-state index in [0.717, 1.165) is 5.56 Å². The molecular weight excluding hydrogens is 315 g/mol. The van der Waals surface area contributed by atoms with Crippen LogP contribution in [0.2, 0.25) is 0 Å². The summed E-state index contributed by atoms with van der Waals surface area (Å²) in [5.41, 5.74) is 0.713. The van der Waals surface area contributed by atoms with E-state index >= 15 is 0 Å². The molecule has 0 fully saturated rings. The van der Waals surface area contributed by atoms with Crippen LogP contribution >= 0.6 is 15.9 Å². The minimum absolute atomic E-state index is 0.0310. The molecule has 19 heavy (non-hydrogen) atoms. The van der Waals surface area contributed by atoms with Gasteiger partial charge in [-0.15, -0.1) is 0 Å². The molecule has 0 heterocycles. The lowest BCUT2D eigenvalue weighted by atomic mass is 10.2. The highest BCUT2D eigenvalue weighted by Crippen LogP contribution is 2.23. The number of carboxylic acids is 1. The van der Waals surface area contributed by atoms with Gasteiger partial charge in [-0.1, -0.05) is 28.1 Å². The van der Waals surface area contributed by atoms with Crippen molar-refractivity contribution in [3.63, 3.8) is 0 Å². The lowest BCUT2D eigenvalue weighted by Gasteiger charge is -2.12. The van der Waals surface area contributed by atoms with Crippen molar-refractivity contribution >= 4 is 21.9 Å². The maximum atomic E-state index is 12.7. The molecule has 98 valence electrons. The number of rotatable bonds is 4. The molecule has 0 spiro atoms. The molecule has 0 saturated heterocycles. The summed E-state index contributed by atoms with van der Waals surface area (Å²) in [6.07, 6.45) is 0. The van der Waals surface area contributed by atoms with E-state index in [1.165, 1.54) is 18.2 Å².